The third-order valence-corrected chi connectivity index (χ3v) is 3.89. The van der Waals surface area contributed by atoms with Crippen molar-refractivity contribution in [3.63, 3.8) is 0 Å². The molecule has 26 heavy (non-hydrogen) atoms. The Bertz CT molecular complexity index is 841. The van der Waals surface area contributed by atoms with Gasteiger partial charge < -0.3 is 9.47 Å². The number of nitrogens with zero attached hydrogens (tertiary/aromatic N) is 1. The number of benzene rings is 2. The van der Waals surface area contributed by atoms with Crippen molar-refractivity contribution in [1.82, 2.24) is 0 Å². The van der Waals surface area contributed by atoms with Gasteiger partial charge in [-0.15, -0.1) is 0 Å². The number of aliphatic imine (C=N–C) groups is 1. The van der Waals surface area contributed by atoms with E-state index in [0.29, 0.717) is 12.2 Å². The molecule has 1 heterocycles. The zero-order valence-electron chi connectivity index (χ0n) is 14.6. The maximum atomic E-state index is 13.3. The lowest BCUT2D eigenvalue weighted by Gasteiger charge is -2.05. The first kappa shape index (κ1) is 17.9. The summed E-state index contributed by atoms with van der Waals surface area (Å²) in [6, 6.07) is 13.2. The van der Waals surface area contributed by atoms with Crippen LogP contribution in [0.5, 0.6) is 5.75 Å². The number of ether oxygens (including phenoxy) is 2. The van der Waals surface area contributed by atoms with Crippen molar-refractivity contribution in [2.75, 3.05) is 6.61 Å². The van der Waals surface area contributed by atoms with Crippen LogP contribution in [-0.4, -0.2) is 18.5 Å². The predicted molar refractivity (Wildman–Crippen MR) is 98.5 cm³/mol. The average molecular weight is 353 g/mol. The summed E-state index contributed by atoms with van der Waals surface area (Å²) in [7, 11) is 0. The molecule has 2 aromatic rings. The highest BCUT2D eigenvalue weighted by Crippen LogP contribution is 2.21. The highest BCUT2D eigenvalue weighted by molar-refractivity contribution is 6.12. The molecule has 134 valence electrons. The summed E-state index contributed by atoms with van der Waals surface area (Å²) in [5.74, 6) is -0.0600. The molecule has 3 rings (SSSR count). The van der Waals surface area contributed by atoms with Gasteiger partial charge in [-0.25, -0.2) is 14.2 Å². The van der Waals surface area contributed by atoms with Gasteiger partial charge in [0.05, 0.1) is 6.61 Å². The lowest BCUT2D eigenvalue weighted by molar-refractivity contribution is -0.129. The summed E-state index contributed by atoms with van der Waals surface area (Å²) in [5.41, 5.74) is 1.42. The number of unbranched alkanes of at least 4 members (excludes halogenated alkanes) is 2. The molecule has 0 N–H and O–H groups in total. The van der Waals surface area contributed by atoms with Gasteiger partial charge in [-0.2, -0.15) is 0 Å². The summed E-state index contributed by atoms with van der Waals surface area (Å²) in [5, 5.41) is 0. The molecule has 2 aromatic carbocycles. The molecule has 1 aliphatic heterocycles. The van der Waals surface area contributed by atoms with Crippen LogP contribution in [0.3, 0.4) is 0 Å². The number of carbonyl (C=O) groups excluding carboxylic acids is 1. The number of cyclic esters (lactones) is 1. The van der Waals surface area contributed by atoms with Gasteiger partial charge in [-0.05, 0) is 48.4 Å². The Morgan fingerprint density at radius 2 is 1.96 bits per heavy atom. The van der Waals surface area contributed by atoms with Crippen LogP contribution >= 0.6 is 0 Å². The zero-order chi connectivity index (χ0) is 18.4. The Morgan fingerprint density at radius 1 is 1.15 bits per heavy atom. The van der Waals surface area contributed by atoms with Gasteiger partial charge in [0.2, 0.25) is 5.90 Å². The van der Waals surface area contributed by atoms with Crippen LogP contribution in [0.2, 0.25) is 0 Å². The van der Waals surface area contributed by atoms with E-state index in [2.05, 4.69) is 11.9 Å². The standard InChI is InChI=1S/C21H20FNO3/c1-2-3-4-12-25-18-10-8-15(9-11-18)13-19-21(24)26-20(23-19)16-6-5-7-17(22)14-16/h5-11,13-14H,2-4,12H2,1H3/b19-13+. The van der Waals surface area contributed by atoms with Crippen LogP contribution in [0.4, 0.5) is 4.39 Å². The summed E-state index contributed by atoms with van der Waals surface area (Å²) < 4.78 is 24.1. The van der Waals surface area contributed by atoms with E-state index in [9.17, 15) is 9.18 Å². The molecule has 0 aromatic heterocycles. The molecular formula is C21H20FNO3. The van der Waals surface area contributed by atoms with Crippen molar-refractivity contribution in [2.45, 2.75) is 26.2 Å². The molecular weight excluding hydrogens is 333 g/mol. The van der Waals surface area contributed by atoms with Gasteiger partial charge in [-0.3, -0.25) is 0 Å². The fraction of sp³-hybridized carbons (Fsp3) is 0.238. The van der Waals surface area contributed by atoms with Crippen molar-refractivity contribution in [3.8, 4) is 5.75 Å². The lowest BCUT2D eigenvalue weighted by atomic mass is 10.2. The summed E-state index contributed by atoms with van der Waals surface area (Å²) in [4.78, 5) is 16.2. The fourth-order valence-corrected chi connectivity index (χ4v) is 2.51. The molecule has 0 unspecified atom stereocenters. The van der Waals surface area contributed by atoms with E-state index in [4.69, 9.17) is 9.47 Å². The maximum absolute atomic E-state index is 13.3. The van der Waals surface area contributed by atoms with E-state index in [1.807, 2.05) is 24.3 Å². The monoisotopic (exact) mass is 353 g/mol. The molecule has 0 radical (unpaired) electrons. The lowest BCUT2D eigenvalue weighted by Crippen LogP contribution is -2.05. The summed E-state index contributed by atoms with van der Waals surface area (Å²) in [6.07, 6.45) is 4.98. The Morgan fingerprint density at radius 3 is 2.69 bits per heavy atom. The fourth-order valence-electron chi connectivity index (χ4n) is 2.51. The van der Waals surface area contributed by atoms with Gasteiger partial charge in [0.25, 0.3) is 0 Å². The SMILES string of the molecule is CCCCCOc1ccc(/C=C2/N=C(c3cccc(F)c3)OC2=O)cc1. The molecule has 0 aliphatic carbocycles. The second-order valence-electron chi connectivity index (χ2n) is 5.97. The van der Waals surface area contributed by atoms with Crippen LogP contribution in [0, 0.1) is 5.82 Å². The first-order valence-corrected chi connectivity index (χ1v) is 8.67. The van der Waals surface area contributed by atoms with Gasteiger partial charge in [-0.1, -0.05) is 38.0 Å². The van der Waals surface area contributed by atoms with Crippen LogP contribution in [0.1, 0.15) is 37.3 Å². The second kappa shape index (κ2) is 8.43. The topological polar surface area (TPSA) is 47.9 Å². The Hall–Kier alpha value is -2.95. The smallest absolute Gasteiger partial charge is 0.363 e. The minimum atomic E-state index is -0.552. The van der Waals surface area contributed by atoms with E-state index in [1.165, 1.54) is 12.1 Å². The first-order valence-electron chi connectivity index (χ1n) is 8.67. The van der Waals surface area contributed by atoms with E-state index in [-0.39, 0.29) is 11.6 Å². The number of esters is 1. The molecule has 0 saturated carbocycles. The Kier molecular flexibility index (Phi) is 5.79. The number of halogens is 1. The van der Waals surface area contributed by atoms with Crippen molar-refractivity contribution in [3.05, 3.63) is 71.2 Å². The molecule has 0 spiro atoms. The third kappa shape index (κ3) is 4.57. The molecule has 0 atom stereocenters. The molecule has 0 saturated heterocycles. The largest absolute Gasteiger partial charge is 0.494 e. The molecule has 4 nitrogen and oxygen atoms in total. The van der Waals surface area contributed by atoms with Crippen molar-refractivity contribution >= 4 is 17.9 Å². The minimum Gasteiger partial charge on any atom is -0.494 e. The van der Waals surface area contributed by atoms with Gasteiger partial charge in [0.1, 0.15) is 11.6 Å². The second-order valence-corrected chi connectivity index (χ2v) is 5.97. The quantitative estimate of drug-likeness (QED) is 0.410. The maximum Gasteiger partial charge on any atom is 0.363 e. The number of hydrogen-bond acceptors (Lipinski definition) is 4. The molecule has 1 aliphatic rings. The van der Waals surface area contributed by atoms with E-state index < -0.39 is 11.8 Å². The van der Waals surface area contributed by atoms with Crippen LogP contribution in [-0.2, 0) is 9.53 Å². The Labute approximate surface area is 152 Å². The van der Waals surface area contributed by atoms with Crippen LogP contribution in [0.25, 0.3) is 6.08 Å². The van der Waals surface area contributed by atoms with Gasteiger partial charge in [0.15, 0.2) is 5.70 Å². The van der Waals surface area contributed by atoms with Crippen molar-refractivity contribution < 1.29 is 18.7 Å². The van der Waals surface area contributed by atoms with Crippen molar-refractivity contribution in [1.29, 1.82) is 0 Å². The summed E-state index contributed by atoms with van der Waals surface area (Å²) in [6.45, 7) is 2.85. The summed E-state index contributed by atoms with van der Waals surface area (Å²) >= 11 is 0. The minimum absolute atomic E-state index is 0.108. The highest BCUT2D eigenvalue weighted by Gasteiger charge is 2.24. The first-order chi connectivity index (χ1) is 12.7. The van der Waals surface area contributed by atoms with Gasteiger partial charge >= 0.3 is 5.97 Å². The average Bonchev–Trinajstić information content (AvgIpc) is 3.01. The zero-order valence-corrected chi connectivity index (χ0v) is 14.6. The predicted octanol–water partition coefficient (Wildman–Crippen LogP) is 4.74. The Balaban J connectivity index is 1.70. The van der Waals surface area contributed by atoms with Crippen molar-refractivity contribution in [2.24, 2.45) is 4.99 Å². The highest BCUT2D eigenvalue weighted by atomic mass is 19.1. The van der Waals surface area contributed by atoms with Crippen LogP contribution in [0.15, 0.2) is 59.2 Å². The number of hydrogen-bond donors (Lipinski definition) is 0. The van der Waals surface area contributed by atoms with E-state index >= 15 is 0 Å². The molecule has 5 heteroatoms. The van der Waals surface area contributed by atoms with Gasteiger partial charge in [0, 0.05) is 5.56 Å². The molecule has 0 bridgehead atoms. The molecule has 0 amide bonds. The number of carbonyl (C=O) groups is 1. The normalized spacial score (nSPS) is 15.1. The molecule has 0 fully saturated rings. The third-order valence-electron chi connectivity index (χ3n) is 3.89. The number of rotatable bonds is 7. The van der Waals surface area contributed by atoms with E-state index in [1.54, 1.807) is 18.2 Å². The van der Waals surface area contributed by atoms with Crippen LogP contribution < -0.4 is 4.74 Å². The van der Waals surface area contributed by atoms with E-state index in [0.717, 1.165) is 30.6 Å².